The number of carbonyl (C=O) groups is 1. The fourth-order valence-corrected chi connectivity index (χ4v) is 5.03. The van der Waals surface area contributed by atoms with E-state index in [1.165, 1.54) is 22.5 Å². The number of sulfonamides is 1. The maximum atomic E-state index is 12.9. The largest absolute Gasteiger partial charge is 0.321 e. The van der Waals surface area contributed by atoms with Crippen molar-refractivity contribution in [3.05, 3.63) is 58.1 Å². The first-order chi connectivity index (χ1) is 12.9. The van der Waals surface area contributed by atoms with Crippen LogP contribution in [0.3, 0.4) is 0 Å². The standard InChI is InChI=1S/C19H20Cl2N2O3S/c20-15-8-9-18(17(21)13-15)22-19(24)14-6-5-7-16(12-14)27(25,26)23-10-3-1-2-4-11-23/h5-9,12-13H,1-4,10-11H2,(H,22,24). The van der Waals surface area contributed by atoms with Crippen LogP contribution in [0.4, 0.5) is 5.69 Å². The second-order valence-corrected chi connectivity index (χ2v) is 9.21. The average molecular weight is 427 g/mol. The van der Waals surface area contributed by atoms with Crippen molar-refractivity contribution < 1.29 is 13.2 Å². The third-order valence-corrected chi connectivity index (χ3v) is 6.92. The summed E-state index contributed by atoms with van der Waals surface area (Å²) in [5, 5.41) is 3.46. The predicted molar refractivity (Wildman–Crippen MR) is 108 cm³/mol. The highest BCUT2D eigenvalue weighted by Crippen LogP contribution is 2.26. The van der Waals surface area contributed by atoms with Gasteiger partial charge in [0, 0.05) is 23.7 Å². The van der Waals surface area contributed by atoms with Crippen LogP contribution in [-0.2, 0) is 10.0 Å². The summed E-state index contributed by atoms with van der Waals surface area (Å²) < 4.78 is 27.4. The Hall–Kier alpha value is -1.60. The lowest BCUT2D eigenvalue weighted by molar-refractivity contribution is 0.102. The van der Waals surface area contributed by atoms with Crippen molar-refractivity contribution in [3.63, 3.8) is 0 Å². The molecule has 0 aliphatic carbocycles. The molecule has 1 N–H and O–H groups in total. The summed E-state index contributed by atoms with van der Waals surface area (Å²) in [4.78, 5) is 12.7. The predicted octanol–water partition coefficient (Wildman–Crippen LogP) is 4.81. The van der Waals surface area contributed by atoms with Gasteiger partial charge in [-0.3, -0.25) is 4.79 Å². The zero-order valence-corrected chi connectivity index (χ0v) is 16.9. The lowest BCUT2D eigenvalue weighted by Gasteiger charge is -2.20. The summed E-state index contributed by atoms with van der Waals surface area (Å²) in [6.45, 7) is 1.03. The Morgan fingerprint density at radius 2 is 1.67 bits per heavy atom. The molecule has 1 fully saturated rings. The molecule has 0 atom stereocenters. The Morgan fingerprint density at radius 3 is 2.33 bits per heavy atom. The van der Waals surface area contributed by atoms with Crippen LogP contribution in [0.1, 0.15) is 36.0 Å². The van der Waals surface area contributed by atoms with Crippen LogP contribution in [0.15, 0.2) is 47.4 Å². The Morgan fingerprint density at radius 1 is 0.963 bits per heavy atom. The molecule has 3 rings (SSSR count). The normalized spacial score (nSPS) is 15.9. The molecule has 0 unspecified atom stereocenters. The molecule has 0 spiro atoms. The van der Waals surface area contributed by atoms with E-state index in [2.05, 4.69) is 5.32 Å². The molecule has 1 amide bonds. The molecule has 144 valence electrons. The zero-order valence-electron chi connectivity index (χ0n) is 14.6. The van der Waals surface area contributed by atoms with Gasteiger partial charge in [-0.25, -0.2) is 8.42 Å². The van der Waals surface area contributed by atoms with Gasteiger partial charge in [0.1, 0.15) is 0 Å². The number of hydrogen-bond acceptors (Lipinski definition) is 3. The van der Waals surface area contributed by atoms with E-state index in [4.69, 9.17) is 23.2 Å². The SMILES string of the molecule is O=C(Nc1ccc(Cl)cc1Cl)c1cccc(S(=O)(=O)N2CCCCCC2)c1. The van der Waals surface area contributed by atoms with Crippen molar-refractivity contribution in [1.82, 2.24) is 4.31 Å². The van der Waals surface area contributed by atoms with Crippen molar-refractivity contribution in [2.75, 3.05) is 18.4 Å². The van der Waals surface area contributed by atoms with Crippen LogP contribution >= 0.6 is 23.2 Å². The van der Waals surface area contributed by atoms with Gasteiger partial charge in [-0.15, -0.1) is 0 Å². The topological polar surface area (TPSA) is 66.5 Å². The number of rotatable bonds is 4. The van der Waals surface area contributed by atoms with Crippen molar-refractivity contribution in [1.29, 1.82) is 0 Å². The maximum Gasteiger partial charge on any atom is 0.255 e. The third kappa shape index (κ3) is 4.82. The minimum absolute atomic E-state index is 0.124. The number of anilines is 1. The van der Waals surface area contributed by atoms with Crippen LogP contribution in [0, 0.1) is 0 Å². The summed E-state index contributed by atoms with van der Waals surface area (Å²) in [7, 11) is -3.62. The van der Waals surface area contributed by atoms with Gasteiger partial charge in [0.15, 0.2) is 0 Å². The highest BCUT2D eigenvalue weighted by atomic mass is 35.5. The Balaban J connectivity index is 1.83. The zero-order chi connectivity index (χ0) is 19.4. The van der Waals surface area contributed by atoms with Crippen molar-refractivity contribution in [3.8, 4) is 0 Å². The Labute approximate surface area is 169 Å². The minimum Gasteiger partial charge on any atom is -0.321 e. The minimum atomic E-state index is -3.62. The molecule has 1 aliphatic rings. The van der Waals surface area contributed by atoms with Gasteiger partial charge in [-0.2, -0.15) is 4.31 Å². The van der Waals surface area contributed by atoms with E-state index in [0.717, 1.165) is 25.7 Å². The smallest absolute Gasteiger partial charge is 0.255 e. The molecule has 0 aromatic heterocycles. The first kappa shape index (κ1) is 20.1. The summed E-state index contributed by atoms with van der Waals surface area (Å²) in [5.74, 6) is -0.438. The highest BCUT2D eigenvalue weighted by molar-refractivity contribution is 7.89. The van der Waals surface area contributed by atoms with Crippen LogP contribution in [-0.4, -0.2) is 31.7 Å². The summed E-state index contributed by atoms with van der Waals surface area (Å²) in [6.07, 6.45) is 3.79. The van der Waals surface area contributed by atoms with Crippen LogP contribution in [0.2, 0.25) is 10.0 Å². The van der Waals surface area contributed by atoms with Gasteiger partial charge in [-0.1, -0.05) is 42.1 Å². The number of nitrogens with one attached hydrogen (secondary N) is 1. The summed E-state index contributed by atoms with van der Waals surface area (Å²) in [5.41, 5.74) is 0.656. The molecule has 8 heteroatoms. The number of halogens is 2. The van der Waals surface area contributed by atoms with E-state index in [1.807, 2.05) is 0 Å². The van der Waals surface area contributed by atoms with Gasteiger partial charge in [0.2, 0.25) is 10.0 Å². The summed E-state index contributed by atoms with van der Waals surface area (Å²) in [6, 6.07) is 10.8. The van der Waals surface area contributed by atoms with Crippen molar-refractivity contribution in [2.24, 2.45) is 0 Å². The first-order valence-electron chi connectivity index (χ1n) is 8.74. The lowest BCUT2D eigenvalue weighted by Crippen LogP contribution is -2.32. The second-order valence-electron chi connectivity index (χ2n) is 6.42. The molecule has 1 aliphatic heterocycles. The quantitative estimate of drug-likeness (QED) is 0.762. The van der Waals surface area contributed by atoms with E-state index in [-0.39, 0.29) is 10.5 Å². The van der Waals surface area contributed by atoms with Gasteiger partial charge in [-0.05, 0) is 49.2 Å². The van der Waals surface area contributed by atoms with E-state index in [1.54, 1.807) is 24.3 Å². The van der Waals surface area contributed by atoms with E-state index in [9.17, 15) is 13.2 Å². The molecule has 0 bridgehead atoms. The molecular weight excluding hydrogens is 407 g/mol. The van der Waals surface area contributed by atoms with Crippen LogP contribution in [0.25, 0.3) is 0 Å². The molecule has 1 heterocycles. The van der Waals surface area contributed by atoms with Crippen molar-refractivity contribution in [2.45, 2.75) is 30.6 Å². The molecule has 2 aromatic carbocycles. The third-order valence-electron chi connectivity index (χ3n) is 4.48. The monoisotopic (exact) mass is 426 g/mol. The number of carbonyl (C=O) groups excluding carboxylic acids is 1. The molecule has 2 aromatic rings. The highest BCUT2D eigenvalue weighted by Gasteiger charge is 2.25. The molecule has 27 heavy (non-hydrogen) atoms. The molecular formula is C19H20Cl2N2O3S. The van der Waals surface area contributed by atoms with Crippen molar-refractivity contribution >= 4 is 44.8 Å². The van der Waals surface area contributed by atoms with E-state index in [0.29, 0.717) is 28.8 Å². The van der Waals surface area contributed by atoms with Gasteiger partial charge in [0.05, 0.1) is 15.6 Å². The van der Waals surface area contributed by atoms with Gasteiger partial charge < -0.3 is 5.32 Å². The van der Waals surface area contributed by atoms with Gasteiger partial charge >= 0.3 is 0 Å². The lowest BCUT2D eigenvalue weighted by atomic mass is 10.2. The van der Waals surface area contributed by atoms with Gasteiger partial charge in [0.25, 0.3) is 5.91 Å². The fraction of sp³-hybridized carbons (Fsp3) is 0.316. The van der Waals surface area contributed by atoms with Crippen LogP contribution < -0.4 is 5.32 Å². The second kappa shape index (κ2) is 8.61. The fourth-order valence-electron chi connectivity index (χ4n) is 3.01. The van der Waals surface area contributed by atoms with E-state index >= 15 is 0 Å². The average Bonchev–Trinajstić information content (AvgIpc) is 2.94. The first-order valence-corrected chi connectivity index (χ1v) is 10.9. The number of amides is 1. The number of benzene rings is 2. The molecule has 1 saturated heterocycles. The van der Waals surface area contributed by atoms with E-state index < -0.39 is 15.9 Å². The number of nitrogens with zero attached hydrogens (tertiary/aromatic N) is 1. The molecule has 0 radical (unpaired) electrons. The number of hydrogen-bond donors (Lipinski definition) is 1. The molecule has 5 nitrogen and oxygen atoms in total. The Bertz CT molecular complexity index is 940. The summed E-state index contributed by atoms with van der Waals surface area (Å²) >= 11 is 11.9. The Kier molecular flexibility index (Phi) is 6.42. The molecule has 0 saturated carbocycles. The maximum absolute atomic E-state index is 12.9. The van der Waals surface area contributed by atoms with Crippen LogP contribution in [0.5, 0.6) is 0 Å².